The van der Waals surface area contributed by atoms with Gasteiger partial charge in [0.2, 0.25) is 11.8 Å². The number of benzene rings is 1. The van der Waals surface area contributed by atoms with Crippen LogP contribution in [0.1, 0.15) is 28.8 Å². The Bertz CT molecular complexity index is 797. The van der Waals surface area contributed by atoms with E-state index in [1.54, 1.807) is 35.2 Å². The van der Waals surface area contributed by atoms with E-state index in [1.807, 2.05) is 0 Å². The second-order valence-electron chi connectivity index (χ2n) is 6.42. The number of likely N-dealkylation sites (tertiary alicyclic amines) is 1. The number of nitrogens with one attached hydrogen (secondary N) is 2. The lowest BCUT2D eigenvalue weighted by Gasteiger charge is -2.31. The van der Waals surface area contributed by atoms with E-state index < -0.39 is 0 Å². The van der Waals surface area contributed by atoms with Crippen LogP contribution in [-0.4, -0.2) is 35.7 Å². The van der Waals surface area contributed by atoms with Gasteiger partial charge in [-0.15, -0.1) is 0 Å². The fourth-order valence-corrected chi connectivity index (χ4v) is 3.10. The number of halogens is 1. The molecule has 2 N–H and O–H groups in total. The van der Waals surface area contributed by atoms with Gasteiger partial charge in [0.05, 0.1) is 18.2 Å². The largest absolute Gasteiger partial charge is 0.472 e. The van der Waals surface area contributed by atoms with E-state index in [-0.39, 0.29) is 30.1 Å². The highest BCUT2D eigenvalue weighted by atomic mass is 35.5. The minimum absolute atomic E-state index is 0.0983. The zero-order valence-corrected chi connectivity index (χ0v) is 15.4. The third-order valence-electron chi connectivity index (χ3n) is 4.52. The summed E-state index contributed by atoms with van der Waals surface area (Å²) in [5.41, 5.74) is 6.22. The maximum absolute atomic E-state index is 12.2. The molecule has 1 aliphatic heterocycles. The summed E-state index contributed by atoms with van der Waals surface area (Å²) >= 11 is 5.81. The van der Waals surface area contributed by atoms with Crippen molar-refractivity contribution >= 4 is 29.3 Å². The first-order chi connectivity index (χ1) is 13.0. The Morgan fingerprint density at radius 3 is 2.41 bits per heavy atom. The maximum Gasteiger partial charge on any atom is 0.257 e. The molecule has 0 unspecified atom stereocenters. The van der Waals surface area contributed by atoms with Gasteiger partial charge in [-0.25, -0.2) is 0 Å². The molecule has 1 aliphatic rings. The van der Waals surface area contributed by atoms with Gasteiger partial charge in [0, 0.05) is 24.0 Å². The second-order valence-corrected chi connectivity index (χ2v) is 6.86. The van der Waals surface area contributed by atoms with Crippen molar-refractivity contribution in [3.8, 4) is 0 Å². The molecule has 142 valence electrons. The summed E-state index contributed by atoms with van der Waals surface area (Å²) in [6.07, 6.45) is 4.11. The van der Waals surface area contributed by atoms with Gasteiger partial charge in [-0.05, 0) is 36.6 Å². The average Bonchev–Trinajstić information content (AvgIpc) is 3.22. The van der Waals surface area contributed by atoms with Gasteiger partial charge in [0.15, 0.2) is 0 Å². The van der Waals surface area contributed by atoms with Crippen LogP contribution < -0.4 is 10.9 Å². The molecule has 3 rings (SSSR count). The quantitative estimate of drug-likeness (QED) is 0.784. The Balaban J connectivity index is 1.41. The standard InChI is InChI=1S/C19H20ClN3O4/c20-16-3-1-13(2-4-16)11-17(24)21-22-18(25)14-5-8-23(9-6-14)19(26)15-7-10-27-12-15/h1-4,7,10,12,14H,5-6,8-9,11H2,(H,21,24)(H,22,25). The lowest BCUT2D eigenvalue weighted by Crippen LogP contribution is -2.48. The van der Waals surface area contributed by atoms with Crippen LogP contribution in [-0.2, 0) is 16.0 Å². The SMILES string of the molecule is O=C(Cc1ccc(Cl)cc1)NNC(=O)C1CCN(C(=O)c2ccoc2)CC1. The van der Waals surface area contributed by atoms with Crippen molar-refractivity contribution < 1.29 is 18.8 Å². The molecule has 1 saturated heterocycles. The zero-order chi connectivity index (χ0) is 19.2. The van der Waals surface area contributed by atoms with E-state index in [9.17, 15) is 14.4 Å². The van der Waals surface area contributed by atoms with Crippen molar-refractivity contribution in [2.75, 3.05) is 13.1 Å². The highest BCUT2D eigenvalue weighted by Crippen LogP contribution is 2.19. The number of rotatable bonds is 4. The summed E-state index contributed by atoms with van der Waals surface area (Å²) < 4.78 is 4.93. The molecule has 1 aromatic heterocycles. The molecule has 1 fully saturated rings. The molecular formula is C19H20ClN3O4. The van der Waals surface area contributed by atoms with Crippen molar-refractivity contribution in [3.63, 3.8) is 0 Å². The first-order valence-electron chi connectivity index (χ1n) is 8.67. The van der Waals surface area contributed by atoms with Gasteiger partial charge in [0.1, 0.15) is 6.26 Å². The summed E-state index contributed by atoms with van der Waals surface area (Å²) in [4.78, 5) is 38.1. The Labute approximate surface area is 161 Å². The average molecular weight is 390 g/mol. The van der Waals surface area contributed by atoms with Gasteiger partial charge < -0.3 is 9.32 Å². The van der Waals surface area contributed by atoms with Crippen LogP contribution >= 0.6 is 11.6 Å². The first-order valence-corrected chi connectivity index (χ1v) is 9.05. The number of amides is 3. The topological polar surface area (TPSA) is 91.7 Å². The number of piperidine rings is 1. The van der Waals surface area contributed by atoms with Crippen molar-refractivity contribution in [2.24, 2.45) is 5.92 Å². The minimum atomic E-state index is -0.307. The summed E-state index contributed by atoms with van der Waals surface area (Å²) in [5, 5.41) is 0.602. The summed E-state index contributed by atoms with van der Waals surface area (Å²) in [5.74, 6) is -0.888. The maximum atomic E-state index is 12.2. The highest BCUT2D eigenvalue weighted by Gasteiger charge is 2.28. The molecule has 0 saturated carbocycles. The molecule has 2 aromatic rings. The minimum Gasteiger partial charge on any atom is -0.472 e. The van der Waals surface area contributed by atoms with Crippen LogP contribution in [0.25, 0.3) is 0 Å². The van der Waals surface area contributed by atoms with E-state index in [0.717, 1.165) is 5.56 Å². The normalized spacial score (nSPS) is 14.6. The first kappa shape index (κ1) is 19.0. The van der Waals surface area contributed by atoms with E-state index in [2.05, 4.69) is 10.9 Å². The third-order valence-corrected chi connectivity index (χ3v) is 4.78. The second kappa shape index (κ2) is 8.73. The fourth-order valence-electron chi connectivity index (χ4n) is 2.98. The molecule has 8 heteroatoms. The van der Waals surface area contributed by atoms with Crippen molar-refractivity contribution in [2.45, 2.75) is 19.3 Å². The van der Waals surface area contributed by atoms with Crippen molar-refractivity contribution in [3.05, 3.63) is 59.0 Å². The lowest BCUT2D eigenvalue weighted by atomic mass is 9.96. The molecule has 3 amide bonds. The number of nitrogens with zero attached hydrogens (tertiary/aromatic N) is 1. The van der Waals surface area contributed by atoms with Crippen LogP contribution in [0.4, 0.5) is 0 Å². The van der Waals surface area contributed by atoms with Gasteiger partial charge >= 0.3 is 0 Å². The zero-order valence-electron chi connectivity index (χ0n) is 14.6. The van der Waals surface area contributed by atoms with Gasteiger partial charge in [-0.1, -0.05) is 23.7 Å². The Morgan fingerprint density at radius 2 is 1.78 bits per heavy atom. The van der Waals surface area contributed by atoms with Crippen LogP contribution in [0.3, 0.4) is 0 Å². The smallest absolute Gasteiger partial charge is 0.257 e. The van der Waals surface area contributed by atoms with E-state index in [1.165, 1.54) is 12.5 Å². The molecule has 0 atom stereocenters. The molecule has 7 nitrogen and oxygen atoms in total. The number of carbonyl (C=O) groups is 3. The molecular weight excluding hydrogens is 370 g/mol. The molecule has 0 spiro atoms. The Hall–Kier alpha value is -2.80. The Kier molecular flexibility index (Phi) is 6.13. The van der Waals surface area contributed by atoms with E-state index in [4.69, 9.17) is 16.0 Å². The van der Waals surface area contributed by atoms with Crippen molar-refractivity contribution in [1.29, 1.82) is 0 Å². The van der Waals surface area contributed by atoms with E-state index in [0.29, 0.717) is 36.5 Å². The number of carbonyl (C=O) groups excluding carboxylic acids is 3. The number of hydrogen-bond acceptors (Lipinski definition) is 4. The molecule has 0 bridgehead atoms. The van der Waals surface area contributed by atoms with E-state index >= 15 is 0 Å². The van der Waals surface area contributed by atoms with Gasteiger partial charge in [0.25, 0.3) is 5.91 Å². The summed E-state index contributed by atoms with van der Waals surface area (Å²) in [6.45, 7) is 0.974. The number of hydrazine groups is 1. The molecule has 0 aliphatic carbocycles. The molecule has 0 radical (unpaired) electrons. The Morgan fingerprint density at radius 1 is 1.07 bits per heavy atom. The number of furan rings is 1. The molecule has 27 heavy (non-hydrogen) atoms. The monoisotopic (exact) mass is 389 g/mol. The highest BCUT2D eigenvalue weighted by molar-refractivity contribution is 6.30. The van der Waals surface area contributed by atoms with Crippen LogP contribution in [0.2, 0.25) is 5.02 Å². The predicted octanol–water partition coefficient (Wildman–Crippen LogP) is 2.18. The van der Waals surface area contributed by atoms with Crippen molar-refractivity contribution in [1.82, 2.24) is 15.8 Å². The number of hydrogen-bond donors (Lipinski definition) is 2. The summed E-state index contributed by atoms with van der Waals surface area (Å²) in [6, 6.07) is 8.56. The van der Waals surface area contributed by atoms with Crippen LogP contribution in [0.5, 0.6) is 0 Å². The summed E-state index contributed by atoms with van der Waals surface area (Å²) in [7, 11) is 0. The van der Waals surface area contributed by atoms with Crippen LogP contribution in [0.15, 0.2) is 47.3 Å². The van der Waals surface area contributed by atoms with Gasteiger partial charge in [-0.2, -0.15) is 0 Å². The predicted molar refractivity (Wildman–Crippen MR) is 98.8 cm³/mol. The fraction of sp³-hybridized carbons (Fsp3) is 0.316. The molecule has 1 aromatic carbocycles. The van der Waals surface area contributed by atoms with Crippen LogP contribution in [0, 0.1) is 5.92 Å². The lowest BCUT2D eigenvalue weighted by molar-refractivity contribution is -0.131. The third kappa shape index (κ3) is 5.10. The molecule has 2 heterocycles. The van der Waals surface area contributed by atoms with Gasteiger partial charge in [-0.3, -0.25) is 25.2 Å².